The number of aliphatic imine (C=N–C) groups is 1. The number of ketones is 1. The number of nitrogens with zero attached hydrogens (tertiary/aromatic N) is 2. The molecule has 1 heterocycles. The topological polar surface area (TPSA) is 98.9 Å². The number of rotatable bonds is 3. The summed E-state index contributed by atoms with van der Waals surface area (Å²) in [6.07, 6.45) is 0. The Hall–Kier alpha value is -3.61. The van der Waals surface area contributed by atoms with Crippen molar-refractivity contribution in [1.82, 2.24) is 0 Å². The molecule has 0 amide bonds. The molecule has 1 aliphatic heterocycles. The minimum absolute atomic E-state index is 0.0604. The second-order valence-electron chi connectivity index (χ2n) is 6.72. The van der Waals surface area contributed by atoms with Gasteiger partial charge in [0.1, 0.15) is 5.92 Å². The molecule has 140 valence electrons. The summed E-state index contributed by atoms with van der Waals surface area (Å²) in [6, 6.07) is 13.1. The van der Waals surface area contributed by atoms with Crippen LogP contribution in [0.15, 0.2) is 59.1 Å². The zero-order valence-corrected chi connectivity index (χ0v) is 15.2. The molecule has 0 spiro atoms. The predicted octanol–water partition coefficient (Wildman–Crippen LogP) is 3.55. The van der Waals surface area contributed by atoms with Crippen LogP contribution in [0.2, 0.25) is 0 Å². The number of carbonyl (C=O) groups excluding carboxylic acids is 2. The van der Waals surface area contributed by atoms with Crippen LogP contribution in [0.5, 0.6) is 0 Å². The number of ether oxygens (including phenoxy) is 1. The molecule has 0 saturated carbocycles. The van der Waals surface area contributed by atoms with E-state index in [1.165, 1.54) is 19.2 Å². The van der Waals surface area contributed by atoms with Gasteiger partial charge in [-0.25, -0.2) is 0 Å². The molecule has 28 heavy (non-hydrogen) atoms. The Morgan fingerprint density at radius 1 is 1.11 bits per heavy atom. The molecule has 0 radical (unpaired) electrons. The van der Waals surface area contributed by atoms with Gasteiger partial charge in [-0.2, -0.15) is 0 Å². The maximum Gasteiger partial charge on any atom is 0.315 e. The summed E-state index contributed by atoms with van der Waals surface area (Å²) in [5, 5.41) is 11.0. The van der Waals surface area contributed by atoms with Gasteiger partial charge in [0.15, 0.2) is 5.78 Å². The fourth-order valence-electron chi connectivity index (χ4n) is 3.94. The maximum atomic E-state index is 13.2. The summed E-state index contributed by atoms with van der Waals surface area (Å²) >= 11 is 0. The second kappa shape index (κ2) is 6.53. The molecule has 2 aromatic rings. The molecule has 2 aliphatic rings. The molecule has 1 aliphatic carbocycles. The minimum atomic E-state index is -0.775. The van der Waals surface area contributed by atoms with Crippen molar-refractivity contribution < 1.29 is 19.2 Å². The Balaban J connectivity index is 1.92. The van der Waals surface area contributed by atoms with Gasteiger partial charge in [0.2, 0.25) is 0 Å². The summed E-state index contributed by atoms with van der Waals surface area (Å²) in [5.41, 5.74) is 3.37. The highest BCUT2D eigenvalue weighted by atomic mass is 16.6. The fraction of sp³-hybridized carbons (Fsp3) is 0.190. The molecule has 0 bridgehead atoms. The number of allylic oxidation sites excluding steroid dienone is 1. The molecule has 0 aromatic heterocycles. The van der Waals surface area contributed by atoms with Crippen molar-refractivity contribution in [3.05, 3.63) is 80.9 Å². The number of fused-ring (bicyclic) bond motifs is 2. The quantitative estimate of drug-likeness (QED) is 0.463. The summed E-state index contributed by atoms with van der Waals surface area (Å²) in [7, 11) is 1.29. The van der Waals surface area contributed by atoms with Crippen LogP contribution in [0.25, 0.3) is 5.70 Å². The van der Waals surface area contributed by atoms with E-state index in [9.17, 15) is 19.7 Å². The van der Waals surface area contributed by atoms with Crippen LogP contribution in [0, 0.1) is 16.0 Å². The van der Waals surface area contributed by atoms with Crippen molar-refractivity contribution >= 4 is 28.8 Å². The Kier molecular flexibility index (Phi) is 4.15. The first kappa shape index (κ1) is 17.8. The Bertz CT molecular complexity index is 1080. The molecular weight excluding hydrogens is 360 g/mol. The Morgan fingerprint density at radius 2 is 1.75 bits per heavy atom. The van der Waals surface area contributed by atoms with Gasteiger partial charge in [0.25, 0.3) is 5.69 Å². The highest BCUT2D eigenvalue weighted by molar-refractivity contribution is 6.24. The van der Waals surface area contributed by atoms with Gasteiger partial charge in [0.05, 0.1) is 17.7 Å². The lowest BCUT2D eigenvalue weighted by Gasteiger charge is -2.30. The molecule has 7 heteroatoms. The predicted molar refractivity (Wildman–Crippen MR) is 102 cm³/mol. The first-order chi connectivity index (χ1) is 13.4. The summed E-state index contributed by atoms with van der Waals surface area (Å²) < 4.78 is 4.97. The Morgan fingerprint density at radius 3 is 2.36 bits per heavy atom. The van der Waals surface area contributed by atoms with Crippen LogP contribution in [0.4, 0.5) is 5.69 Å². The first-order valence-electron chi connectivity index (χ1n) is 8.69. The third kappa shape index (κ3) is 2.55. The van der Waals surface area contributed by atoms with E-state index in [1.807, 2.05) is 12.1 Å². The second-order valence-corrected chi connectivity index (χ2v) is 6.72. The number of esters is 1. The first-order valence-corrected chi connectivity index (χ1v) is 8.69. The molecule has 0 fully saturated rings. The van der Waals surface area contributed by atoms with E-state index < -0.39 is 22.7 Å². The highest BCUT2D eigenvalue weighted by Gasteiger charge is 2.45. The van der Waals surface area contributed by atoms with Crippen molar-refractivity contribution in [1.29, 1.82) is 0 Å². The van der Waals surface area contributed by atoms with Crippen molar-refractivity contribution in [2.24, 2.45) is 10.9 Å². The van der Waals surface area contributed by atoms with Crippen LogP contribution < -0.4 is 0 Å². The monoisotopic (exact) mass is 376 g/mol. The molecule has 2 aromatic carbocycles. The normalized spacial score (nSPS) is 20.4. The largest absolute Gasteiger partial charge is 0.468 e. The van der Waals surface area contributed by atoms with Crippen molar-refractivity contribution in [2.45, 2.75) is 12.8 Å². The number of nitro benzene ring substituents is 1. The van der Waals surface area contributed by atoms with E-state index in [1.54, 1.807) is 31.2 Å². The summed E-state index contributed by atoms with van der Waals surface area (Å²) in [6.45, 7) is 1.73. The lowest BCUT2D eigenvalue weighted by atomic mass is 9.75. The molecule has 1 unspecified atom stereocenters. The van der Waals surface area contributed by atoms with Crippen molar-refractivity contribution in [3.63, 3.8) is 0 Å². The fourth-order valence-corrected chi connectivity index (χ4v) is 3.94. The number of benzene rings is 2. The van der Waals surface area contributed by atoms with E-state index in [4.69, 9.17) is 4.74 Å². The van der Waals surface area contributed by atoms with Crippen molar-refractivity contribution in [2.75, 3.05) is 7.11 Å². The number of non-ortho nitro benzene ring substituents is 1. The molecule has 0 N–H and O–H groups in total. The third-order valence-electron chi connectivity index (χ3n) is 5.23. The van der Waals surface area contributed by atoms with E-state index in [0.717, 1.165) is 5.56 Å². The van der Waals surface area contributed by atoms with Gasteiger partial charge in [-0.1, -0.05) is 36.4 Å². The van der Waals surface area contributed by atoms with Gasteiger partial charge >= 0.3 is 5.97 Å². The minimum Gasteiger partial charge on any atom is -0.468 e. The summed E-state index contributed by atoms with van der Waals surface area (Å²) in [5.74, 6) is -2.08. The van der Waals surface area contributed by atoms with Crippen LogP contribution in [0.1, 0.15) is 34.3 Å². The number of hydrogen-bond acceptors (Lipinski definition) is 6. The lowest BCUT2D eigenvalue weighted by molar-refractivity contribution is -0.384. The van der Waals surface area contributed by atoms with Gasteiger partial charge in [-0.3, -0.25) is 24.7 Å². The maximum absolute atomic E-state index is 13.2. The SMILES string of the molecule is COC(=O)C1C(C)=NC2=C(C(=O)c3ccccc32)[C@H]1c1ccc([N+](=O)[O-])cc1. The highest BCUT2D eigenvalue weighted by Crippen LogP contribution is 2.48. The standard InChI is InChI=1S/C21H16N2O5/c1-11-16(21(25)28-2)17(12-7-9-13(10-8-12)23(26)27)18-19(22-11)14-5-3-4-6-15(14)20(18)24/h3-10,16-17H,1-2H3/t16?,17-/m0/s1. The number of carbonyl (C=O) groups is 2. The number of Topliss-reactive ketones (excluding diaryl/α,β-unsaturated/α-hetero) is 1. The zero-order chi connectivity index (χ0) is 20.0. The number of hydrogen-bond donors (Lipinski definition) is 0. The number of methoxy groups -OCH3 is 1. The smallest absolute Gasteiger partial charge is 0.315 e. The molecule has 4 rings (SSSR count). The molecule has 0 saturated heterocycles. The van der Waals surface area contributed by atoms with Crippen LogP contribution in [-0.2, 0) is 9.53 Å². The van der Waals surface area contributed by atoms with Crippen LogP contribution in [0.3, 0.4) is 0 Å². The summed E-state index contributed by atoms with van der Waals surface area (Å²) in [4.78, 5) is 40.8. The third-order valence-corrected chi connectivity index (χ3v) is 5.23. The average Bonchev–Trinajstić information content (AvgIpc) is 2.98. The Labute approximate surface area is 160 Å². The average molecular weight is 376 g/mol. The zero-order valence-electron chi connectivity index (χ0n) is 15.2. The van der Waals surface area contributed by atoms with Gasteiger partial charge < -0.3 is 4.74 Å². The molecular formula is C21H16N2O5. The van der Waals surface area contributed by atoms with Crippen LogP contribution in [-0.4, -0.2) is 29.5 Å². The van der Waals surface area contributed by atoms with E-state index in [-0.39, 0.29) is 11.5 Å². The van der Waals surface area contributed by atoms with Crippen molar-refractivity contribution in [3.8, 4) is 0 Å². The molecule has 7 nitrogen and oxygen atoms in total. The van der Waals surface area contributed by atoms with Gasteiger partial charge in [-0.05, 0) is 12.5 Å². The number of nitro groups is 1. The van der Waals surface area contributed by atoms with E-state index >= 15 is 0 Å². The lowest BCUT2D eigenvalue weighted by Crippen LogP contribution is -2.34. The molecule has 2 atom stereocenters. The van der Waals surface area contributed by atoms with E-state index in [2.05, 4.69) is 4.99 Å². The van der Waals surface area contributed by atoms with E-state index in [0.29, 0.717) is 28.1 Å². The van der Waals surface area contributed by atoms with Gasteiger partial charge in [-0.15, -0.1) is 0 Å². The van der Waals surface area contributed by atoms with Gasteiger partial charge in [0, 0.05) is 40.5 Å². The van der Waals surface area contributed by atoms with Crippen LogP contribution >= 0.6 is 0 Å².